The van der Waals surface area contributed by atoms with Crippen LogP contribution in [-0.4, -0.2) is 5.78 Å². The van der Waals surface area contributed by atoms with Crippen LogP contribution in [0.1, 0.15) is 12.6 Å². The van der Waals surface area contributed by atoms with Gasteiger partial charge in [0.1, 0.15) is 0 Å². The molecule has 12 heavy (non-hydrogen) atoms. The van der Waals surface area contributed by atoms with Crippen molar-refractivity contribution in [3.05, 3.63) is 30.1 Å². The summed E-state index contributed by atoms with van der Waals surface area (Å²) in [5.41, 5.74) is 1.11. The largest absolute Gasteiger partial charge is 1.00 e. The van der Waals surface area contributed by atoms with Gasteiger partial charge in [0.15, 0.2) is 17.7 Å². The van der Waals surface area contributed by atoms with Crippen molar-refractivity contribution in [2.75, 3.05) is 0 Å². The topological polar surface area (TPSA) is 20.9 Å². The van der Waals surface area contributed by atoms with Crippen LogP contribution in [0.25, 0.3) is 0 Å². The van der Waals surface area contributed by atoms with Crippen LogP contribution >= 0.6 is 0 Å². The number of hydrogen-bond acceptors (Lipinski definition) is 1. The number of nitrogens with zero attached hydrogens (tertiary/aromatic N) is 1. The molecule has 0 spiro atoms. The summed E-state index contributed by atoms with van der Waals surface area (Å²) in [5, 5.41) is 0. The number of halogens is 1. The zero-order chi connectivity index (χ0) is 8.27. The lowest BCUT2D eigenvalue weighted by Gasteiger charge is -1.94. The van der Waals surface area contributed by atoms with Crippen LogP contribution in [0.4, 0.5) is 0 Å². The fourth-order valence-corrected chi connectivity index (χ4v) is 0.979. The van der Waals surface area contributed by atoms with Crippen LogP contribution in [0, 0.1) is 6.92 Å². The number of aryl methyl sites for hydroxylation is 1. The number of ketones is 1. The van der Waals surface area contributed by atoms with Gasteiger partial charge in [-0.3, -0.25) is 4.79 Å². The van der Waals surface area contributed by atoms with Gasteiger partial charge in [-0.25, -0.2) is 0 Å². The average molecular weight is 230 g/mol. The number of hydrogen-bond donors (Lipinski definition) is 0. The predicted molar refractivity (Wildman–Crippen MR) is 42.1 cm³/mol. The molecule has 0 fully saturated rings. The molecule has 0 amide bonds. The summed E-state index contributed by atoms with van der Waals surface area (Å²) in [6.07, 6.45) is 1.91. The molecular weight excluding hydrogens is 218 g/mol. The monoisotopic (exact) mass is 229 g/mol. The van der Waals surface area contributed by atoms with E-state index in [9.17, 15) is 4.79 Å². The van der Waals surface area contributed by atoms with Crippen LogP contribution in [0.3, 0.4) is 0 Å². The fraction of sp³-hybridized carbons (Fsp3) is 0.333. The molecule has 0 aromatic carbocycles. The molecular formula is C9H12BrNO. The van der Waals surface area contributed by atoms with E-state index < -0.39 is 0 Å². The smallest absolute Gasteiger partial charge is 0.206 e. The van der Waals surface area contributed by atoms with E-state index in [2.05, 4.69) is 0 Å². The van der Waals surface area contributed by atoms with Gasteiger partial charge in [0.25, 0.3) is 0 Å². The predicted octanol–water partition coefficient (Wildman–Crippen LogP) is -2.12. The fourth-order valence-electron chi connectivity index (χ4n) is 0.979. The summed E-state index contributed by atoms with van der Waals surface area (Å²) in [5.74, 6) is 0.185. The van der Waals surface area contributed by atoms with E-state index >= 15 is 0 Å². The van der Waals surface area contributed by atoms with Gasteiger partial charge >= 0.3 is 0 Å². The highest BCUT2D eigenvalue weighted by atomic mass is 79.9. The summed E-state index contributed by atoms with van der Waals surface area (Å²) in [6, 6.07) is 5.88. The van der Waals surface area contributed by atoms with Crippen LogP contribution in [0.5, 0.6) is 0 Å². The molecule has 0 aliphatic rings. The second-order valence-electron chi connectivity index (χ2n) is 2.67. The first-order valence-corrected chi connectivity index (χ1v) is 3.64. The molecule has 0 aliphatic heterocycles. The quantitative estimate of drug-likeness (QED) is 0.532. The Hall–Kier alpha value is -0.700. The third-order valence-electron chi connectivity index (χ3n) is 1.56. The molecule has 0 unspecified atom stereocenters. The van der Waals surface area contributed by atoms with Gasteiger partial charge in [0.2, 0.25) is 6.54 Å². The molecule has 1 rings (SSSR count). The first-order valence-electron chi connectivity index (χ1n) is 3.64. The molecule has 0 bridgehead atoms. The van der Waals surface area contributed by atoms with Crippen LogP contribution in [0.2, 0.25) is 0 Å². The molecule has 0 N–H and O–H groups in total. The van der Waals surface area contributed by atoms with Crippen LogP contribution in [0.15, 0.2) is 24.4 Å². The third-order valence-corrected chi connectivity index (χ3v) is 1.56. The summed E-state index contributed by atoms with van der Waals surface area (Å²) >= 11 is 0. The van der Waals surface area contributed by atoms with Gasteiger partial charge in [0, 0.05) is 26.0 Å². The van der Waals surface area contributed by atoms with E-state index in [1.165, 1.54) is 0 Å². The number of carbonyl (C=O) groups is 1. The highest BCUT2D eigenvalue weighted by molar-refractivity contribution is 5.73. The van der Waals surface area contributed by atoms with E-state index in [4.69, 9.17) is 0 Å². The molecule has 1 aromatic heterocycles. The second-order valence-corrected chi connectivity index (χ2v) is 2.67. The third kappa shape index (κ3) is 3.13. The van der Waals surface area contributed by atoms with Crippen molar-refractivity contribution in [1.29, 1.82) is 0 Å². The summed E-state index contributed by atoms with van der Waals surface area (Å²) in [7, 11) is 0. The number of Topliss-reactive ketones (excluding diaryl/α,β-unsaturated/α-hetero) is 1. The number of carbonyl (C=O) groups excluding carboxylic acids is 1. The number of rotatable bonds is 2. The van der Waals surface area contributed by atoms with Crippen molar-refractivity contribution >= 4 is 5.78 Å². The molecule has 0 saturated carbocycles. The Morgan fingerprint density at radius 2 is 2.17 bits per heavy atom. The van der Waals surface area contributed by atoms with E-state index in [0.717, 1.165) is 5.69 Å². The van der Waals surface area contributed by atoms with E-state index in [0.29, 0.717) is 6.54 Å². The second kappa shape index (κ2) is 5.04. The maximum absolute atomic E-state index is 10.7. The lowest BCUT2D eigenvalue weighted by atomic mass is 10.3. The highest BCUT2D eigenvalue weighted by Crippen LogP contribution is 1.87. The standard InChI is InChI=1S/C9H12NO.BrH/c1-8-5-3-4-6-10(8)7-9(2)11;/h3-6H,7H2,1-2H3;1H/q+1;/p-1. The number of aromatic nitrogens is 1. The number of pyridine rings is 1. The minimum absolute atomic E-state index is 0. The Kier molecular flexibility index (Phi) is 4.74. The molecule has 2 nitrogen and oxygen atoms in total. The van der Waals surface area contributed by atoms with E-state index in [-0.39, 0.29) is 22.8 Å². The molecule has 0 saturated heterocycles. The molecule has 3 heteroatoms. The average Bonchev–Trinajstić information content (AvgIpc) is 1.93. The van der Waals surface area contributed by atoms with Crippen molar-refractivity contribution in [3.63, 3.8) is 0 Å². The lowest BCUT2D eigenvalue weighted by Crippen LogP contribution is -3.00. The molecule has 1 heterocycles. The van der Waals surface area contributed by atoms with Crippen molar-refractivity contribution in [2.45, 2.75) is 20.4 Å². The van der Waals surface area contributed by atoms with Gasteiger partial charge in [-0.15, -0.1) is 0 Å². The zero-order valence-corrected chi connectivity index (χ0v) is 8.84. The molecule has 0 aliphatic carbocycles. The SMILES string of the molecule is CC(=O)C[n+]1ccccc1C.[Br-]. The molecule has 1 aromatic rings. The minimum atomic E-state index is 0. The summed E-state index contributed by atoms with van der Waals surface area (Å²) in [4.78, 5) is 10.7. The van der Waals surface area contributed by atoms with Gasteiger partial charge < -0.3 is 17.0 Å². The minimum Gasteiger partial charge on any atom is -1.00 e. The Bertz CT molecular complexity index is 273. The van der Waals surface area contributed by atoms with E-state index in [1.54, 1.807) is 6.92 Å². The first kappa shape index (κ1) is 11.3. The van der Waals surface area contributed by atoms with Crippen molar-refractivity contribution in [3.8, 4) is 0 Å². The summed E-state index contributed by atoms with van der Waals surface area (Å²) in [6.45, 7) is 4.06. The van der Waals surface area contributed by atoms with Gasteiger partial charge in [-0.2, -0.15) is 4.57 Å². The maximum Gasteiger partial charge on any atom is 0.206 e. The van der Waals surface area contributed by atoms with Crippen LogP contribution < -0.4 is 21.5 Å². The Morgan fingerprint density at radius 3 is 2.67 bits per heavy atom. The zero-order valence-electron chi connectivity index (χ0n) is 7.25. The van der Waals surface area contributed by atoms with Crippen molar-refractivity contribution in [2.24, 2.45) is 0 Å². The molecule has 0 atom stereocenters. The van der Waals surface area contributed by atoms with E-state index in [1.807, 2.05) is 35.9 Å². The molecule has 0 radical (unpaired) electrons. The van der Waals surface area contributed by atoms with Crippen LogP contribution in [-0.2, 0) is 11.3 Å². The Balaban J connectivity index is 0.00000121. The Labute approximate surface area is 83.0 Å². The lowest BCUT2D eigenvalue weighted by molar-refractivity contribution is -0.690. The summed E-state index contributed by atoms with van der Waals surface area (Å²) < 4.78 is 1.93. The highest BCUT2D eigenvalue weighted by Gasteiger charge is 2.05. The normalized spacial score (nSPS) is 8.83. The first-order chi connectivity index (χ1) is 5.20. The van der Waals surface area contributed by atoms with Gasteiger partial charge in [0.05, 0.1) is 0 Å². The molecule has 66 valence electrons. The Morgan fingerprint density at radius 1 is 1.50 bits per heavy atom. The van der Waals surface area contributed by atoms with Gasteiger partial charge in [-0.1, -0.05) is 6.07 Å². The van der Waals surface area contributed by atoms with Crippen molar-refractivity contribution < 1.29 is 26.3 Å². The maximum atomic E-state index is 10.7. The van der Waals surface area contributed by atoms with Gasteiger partial charge in [-0.05, 0) is 0 Å². The van der Waals surface area contributed by atoms with Crippen molar-refractivity contribution in [1.82, 2.24) is 0 Å².